The Morgan fingerprint density at radius 3 is 2.47 bits per heavy atom. The number of likely N-dealkylation sites (N-methyl/N-ethyl adjacent to an activating group) is 1. The van der Waals surface area contributed by atoms with E-state index in [9.17, 15) is 18.0 Å². The highest BCUT2D eigenvalue weighted by Crippen LogP contribution is 2.16. The van der Waals surface area contributed by atoms with Crippen molar-refractivity contribution in [2.45, 2.75) is 19.0 Å². The van der Waals surface area contributed by atoms with Gasteiger partial charge in [-0.05, 0) is 20.0 Å². The first-order chi connectivity index (χ1) is 7.89. The summed E-state index contributed by atoms with van der Waals surface area (Å²) in [5, 5.41) is 2.79. The molecule has 0 heterocycles. The molecule has 0 radical (unpaired) electrons. The van der Waals surface area contributed by atoms with Crippen molar-refractivity contribution in [3.8, 4) is 0 Å². The zero-order chi connectivity index (χ0) is 13.3. The maximum Gasteiger partial charge on any atom is 0.401 e. The molecule has 0 fully saturated rings. The van der Waals surface area contributed by atoms with Gasteiger partial charge in [0, 0.05) is 19.5 Å². The van der Waals surface area contributed by atoms with Gasteiger partial charge in [-0.3, -0.25) is 9.69 Å². The van der Waals surface area contributed by atoms with E-state index in [0.717, 1.165) is 0 Å². The molecule has 0 bridgehead atoms. The molecule has 17 heavy (non-hydrogen) atoms. The molecule has 0 aromatic rings. The molecule has 0 saturated carbocycles. The van der Waals surface area contributed by atoms with Crippen molar-refractivity contribution in [1.82, 2.24) is 10.2 Å². The number of esters is 1. The Bertz CT molecular complexity index is 222. The van der Waals surface area contributed by atoms with Crippen LogP contribution in [0.5, 0.6) is 0 Å². The minimum Gasteiger partial charge on any atom is -0.469 e. The van der Waals surface area contributed by atoms with E-state index in [1.54, 1.807) is 7.05 Å². The van der Waals surface area contributed by atoms with E-state index < -0.39 is 18.7 Å². The number of rotatable bonds is 8. The third-order valence-corrected chi connectivity index (χ3v) is 2.16. The Hall–Kier alpha value is -0.820. The summed E-state index contributed by atoms with van der Waals surface area (Å²) in [6, 6.07) is 0. The van der Waals surface area contributed by atoms with Crippen LogP contribution in [0.25, 0.3) is 0 Å². The summed E-state index contributed by atoms with van der Waals surface area (Å²) >= 11 is 0. The smallest absolute Gasteiger partial charge is 0.401 e. The molecule has 7 heteroatoms. The summed E-state index contributed by atoms with van der Waals surface area (Å²) in [6.45, 7) is 0.0671. The number of carbonyl (C=O) groups is 1. The SMILES string of the molecule is CNCCN(CCCC(=O)OC)CC(F)(F)F. The van der Waals surface area contributed by atoms with Crippen LogP contribution in [0.4, 0.5) is 13.2 Å². The number of ether oxygens (including phenoxy) is 1. The normalized spacial score (nSPS) is 11.9. The molecule has 0 aromatic heterocycles. The van der Waals surface area contributed by atoms with Gasteiger partial charge < -0.3 is 10.1 Å². The van der Waals surface area contributed by atoms with E-state index >= 15 is 0 Å². The molecule has 0 rings (SSSR count). The van der Waals surface area contributed by atoms with E-state index in [0.29, 0.717) is 19.5 Å². The van der Waals surface area contributed by atoms with Gasteiger partial charge >= 0.3 is 12.1 Å². The van der Waals surface area contributed by atoms with Gasteiger partial charge in [-0.2, -0.15) is 13.2 Å². The molecule has 0 aromatic carbocycles. The summed E-state index contributed by atoms with van der Waals surface area (Å²) in [5.41, 5.74) is 0. The molecule has 0 aliphatic rings. The largest absolute Gasteiger partial charge is 0.469 e. The number of hydrogen-bond donors (Lipinski definition) is 1. The van der Waals surface area contributed by atoms with Crippen LogP contribution >= 0.6 is 0 Å². The summed E-state index contributed by atoms with van der Waals surface area (Å²) in [7, 11) is 2.94. The van der Waals surface area contributed by atoms with Crippen LogP contribution in [0.1, 0.15) is 12.8 Å². The number of nitrogens with zero attached hydrogens (tertiary/aromatic N) is 1. The summed E-state index contributed by atoms with van der Waals surface area (Å²) in [6.07, 6.45) is -3.70. The standard InChI is InChI=1S/C10H19F3N2O2/c1-14-5-7-15(8-10(11,12)13)6-3-4-9(16)17-2/h14H,3-8H2,1-2H3. The second-order valence-electron chi connectivity index (χ2n) is 3.67. The molecule has 0 aliphatic carbocycles. The number of nitrogens with one attached hydrogen (secondary N) is 1. The van der Waals surface area contributed by atoms with Crippen molar-refractivity contribution in [1.29, 1.82) is 0 Å². The fourth-order valence-electron chi connectivity index (χ4n) is 1.34. The van der Waals surface area contributed by atoms with Gasteiger partial charge in [0.25, 0.3) is 0 Å². The Morgan fingerprint density at radius 2 is 2.00 bits per heavy atom. The minimum atomic E-state index is -4.21. The Kier molecular flexibility index (Phi) is 7.90. The van der Waals surface area contributed by atoms with Crippen LogP contribution in [0, 0.1) is 0 Å². The maximum absolute atomic E-state index is 12.2. The molecule has 0 aliphatic heterocycles. The lowest BCUT2D eigenvalue weighted by molar-refractivity contribution is -0.146. The van der Waals surface area contributed by atoms with Crippen molar-refractivity contribution in [3.05, 3.63) is 0 Å². The van der Waals surface area contributed by atoms with Crippen LogP contribution in [0.15, 0.2) is 0 Å². The number of methoxy groups -OCH3 is 1. The second-order valence-corrected chi connectivity index (χ2v) is 3.67. The monoisotopic (exact) mass is 256 g/mol. The Labute approximate surface area is 99.1 Å². The predicted octanol–water partition coefficient (Wildman–Crippen LogP) is 1.02. The molecular formula is C10H19F3N2O2. The van der Waals surface area contributed by atoms with Gasteiger partial charge in [0.2, 0.25) is 0 Å². The number of halogens is 3. The molecule has 1 N–H and O–H groups in total. The van der Waals surface area contributed by atoms with Gasteiger partial charge in [-0.25, -0.2) is 0 Å². The van der Waals surface area contributed by atoms with E-state index in [1.807, 2.05) is 0 Å². The number of alkyl halides is 3. The zero-order valence-corrected chi connectivity index (χ0v) is 10.1. The Morgan fingerprint density at radius 1 is 1.35 bits per heavy atom. The van der Waals surface area contributed by atoms with Crippen molar-refractivity contribution in [2.24, 2.45) is 0 Å². The first-order valence-electron chi connectivity index (χ1n) is 5.39. The van der Waals surface area contributed by atoms with E-state index in [2.05, 4.69) is 10.1 Å². The average Bonchev–Trinajstić information content (AvgIpc) is 2.23. The first-order valence-corrected chi connectivity index (χ1v) is 5.39. The molecule has 102 valence electrons. The van der Waals surface area contributed by atoms with Crippen LogP contribution in [0.2, 0.25) is 0 Å². The van der Waals surface area contributed by atoms with Gasteiger partial charge in [-0.15, -0.1) is 0 Å². The van der Waals surface area contributed by atoms with Crippen LogP contribution in [-0.4, -0.2) is 57.4 Å². The van der Waals surface area contributed by atoms with Crippen molar-refractivity contribution in [2.75, 3.05) is 40.3 Å². The average molecular weight is 256 g/mol. The first kappa shape index (κ1) is 16.2. The third-order valence-electron chi connectivity index (χ3n) is 2.16. The maximum atomic E-state index is 12.2. The summed E-state index contributed by atoms with van der Waals surface area (Å²) < 4.78 is 41.1. The van der Waals surface area contributed by atoms with Gasteiger partial charge in [0.15, 0.2) is 0 Å². The second kappa shape index (κ2) is 8.30. The highest BCUT2D eigenvalue weighted by Gasteiger charge is 2.30. The highest BCUT2D eigenvalue weighted by atomic mass is 19.4. The van der Waals surface area contributed by atoms with E-state index in [1.165, 1.54) is 12.0 Å². The van der Waals surface area contributed by atoms with E-state index in [4.69, 9.17) is 0 Å². The quantitative estimate of drug-likeness (QED) is 0.658. The van der Waals surface area contributed by atoms with E-state index in [-0.39, 0.29) is 13.0 Å². The number of hydrogen-bond acceptors (Lipinski definition) is 4. The number of carbonyl (C=O) groups excluding carboxylic acids is 1. The fraction of sp³-hybridized carbons (Fsp3) is 0.900. The topological polar surface area (TPSA) is 41.6 Å². The van der Waals surface area contributed by atoms with Crippen LogP contribution < -0.4 is 5.32 Å². The molecule has 0 spiro atoms. The zero-order valence-electron chi connectivity index (χ0n) is 10.1. The molecule has 0 unspecified atom stereocenters. The van der Waals surface area contributed by atoms with Crippen LogP contribution in [0.3, 0.4) is 0 Å². The summed E-state index contributed by atoms with van der Waals surface area (Å²) in [5.74, 6) is -0.398. The minimum absolute atomic E-state index is 0.143. The lowest BCUT2D eigenvalue weighted by atomic mass is 10.3. The van der Waals surface area contributed by atoms with Gasteiger partial charge in [0.1, 0.15) is 0 Å². The van der Waals surface area contributed by atoms with Crippen molar-refractivity contribution in [3.63, 3.8) is 0 Å². The van der Waals surface area contributed by atoms with Crippen LogP contribution in [-0.2, 0) is 9.53 Å². The molecular weight excluding hydrogens is 237 g/mol. The lowest BCUT2D eigenvalue weighted by Crippen LogP contribution is -2.38. The molecule has 0 amide bonds. The predicted molar refractivity (Wildman–Crippen MR) is 57.7 cm³/mol. The highest BCUT2D eigenvalue weighted by molar-refractivity contribution is 5.69. The van der Waals surface area contributed by atoms with Gasteiger partial charge in [-0.1, -0.05) is 0 Å². The molecule has 0 atom stereocenters. The molecule has 0 saturated heterocycles. The van der Waals surface area contributed by atoms with Gasteiger partial charge in [0.05, 0.1) is 13.7 Å². The third kappa shape index (κ3) is 10.1. The van der Waals surface area contributed by atoms with Crippen molar-refractivity contribution >= 4 is 5.97 Å². The Balaban J connectivity index is 3.97. The fourth-order valence-corrected chi connectivity index (χ4v) is 1.34. The lowest BCUT2D eigenvalue weighted by Gasteiger charge is -2.23. The van der Waals surface area contributed by atoms with Crippen molar-refractivity contribution < 1.29 is 22.7 Å². The molecule has 4 nitrogen and oxygen atoms in total. The summed E-state index contributed by atoms with van der Waals surface area (Å²) in [4.78, 5) is 12.1.